The highest BCUT2D eigenvalue weighted by Crippen LogP contribution is 2.15. The molecule has 1 aromatic rings. The Bertz CT molecular complexity index is 389. The van der Waals surface area contributed by atoms with Gasteiger partial charge in [-0.1, -0.05) is 31.0 Å². The molecular weight excluding hydrogens is 250 g/mol. The molecule has 1 aromatic carbocycles. The van der Waals surface area contributed by atoms with Gasteiger partial charge in [0, 0.05) is 18.8 Å². The van der Waals surface area contributed by atoms with Crippen LogP contribution in [0, 0.1) is 6.92 Å². The monoisotopic (exact) mass is 277 g/mol. The minimum absolute atomic E-state index is 0.0797. The summed E-state index contributed by atoms with van der Waals surface area (Å²) in [6, 6.07) is 8.26. The van der Waals surface area contributed by atoms with Crippen molar-refractivity contribution in [2.45, 2.75) is 33.1 Å². The normalized spacial score (nSPS) is 10.3. The van der Waals surface area contributed by atoms with E-state index in [0.29, 0.717) is 13.1 Å². The lowest BCUT2D eigenvalue weighted by Crippen LogP contribution is -2.38. The molecule has 4 heteroatoms. The highest BCUT2D eigenvalue weighted by atomic mass is 16.2. The predicted octanol–water partition coefficient (Wildman–Crippen LogP) is 2.07. The summed E-state index contributed by atoms with van der Waals surface area (Å²) in [4.78, 5) is 14.0. The molecular formula is C16H27N3O. The Morgan fingerprint density at radius 3 is 2.55 bits per heavy atom. The van der Waals surface area contributed by atoms with Crippen molar-refractivity contribution in [3.8, 4) is 0 Å². The number of unbranched alkanes of at least 4 members (excludes halogenated alkanes) is 1. The average Bonchev–Trinajstić information content (AvgIpc) is 2.44. The fraction of sp³-hybridized carbons (Fsp3) is 0.562. The van der Waals surface area contributed by atoms with E-state index in [1.165, 1.54) is 5.56 Å². The van der Waals surface area contributed by atoms with Gasteiger partial charge in [0.05, 0.1) is 6.54 Å². The first kappa shape index (κ1) is 16.5. The van der Waals surface area contributed by atoms with Gasteiger partial charge in [0.25, 0.3) is 0 Å². The average molecular weight is 277 g/mol. The lowest BCUT2D eigenvalue weighted by Gasteiger charge is -2.24. The molecule has 1 rings (SSSR count). The number of nitrogens with zero attached hydrogens (tertiary/aromatic N) is 1. The zero-order chi connectivity index (χ0) is 14.8. The summed E-state index contributed by atoms with van der Waals surface area (Å²) in [5, 5.41) is 2.96. The van der Waals surface area contributed by atoms with Crippen molar-refractivity contribution >= 4 is 11.6 Å². The van der Waals surface area contributed by atoms with Gasteiger partial charge in [-0.05, 0) is 38.4 Å². The van der Waals surface area contributed by atoms with E-state index in [-0.39, 0.29) is 5.91 Å². The molecule has 0 saturated carbocycles. The second-order valence-corrected chi connectivity index (χ2v) is 5.10. The molecule has 0 aliphatic carbocycles. The first-order valence-electron chi connectivity index (χ1n) is 7.45. The number of rotatable bonds is 9. The fourth-order valence-electron chi connectivity index (χ4n) is 1.97. The van der Waals surface area contributed by atoms with Crippen LogP contribution in [0.4, 0.5) is 5.69 Å². The van der Waals surface area contributed by atoms with E-state index in [9.17, 15) is 4.79 Å². The van der Waals surface area contributed by atoms with Crippen LogP contribution < -0.4 is 16.0 Å². The van der Waals surface area contributed by atoms with Crippen LogP contribution in [0.3, 0.4) is 0 Å². The van der Waals surface area contributed by atoms with Crippen LogP contribution >= 0.6 is 0 Å². The molecule has 0 fully saturated rings. The smallest absolute Gasteiger partial charge is 0.239 e. The highest BCUT2D eigenvalue weighted by molar-refractivity contribution is 5.81. The molecule has 0 spiro atoms. The van der Waals surface area contributed by atoms with Crippen LogP contribution in [0.5, 0.6) is 0 Å². The van der Waals surface area contributed by atoms with Crippen molar-refractivity contribution in [3.05, 3.63) is 29.8 Å². The fourth-order valence-corrected chi connectivity index (χ4v) is 1.97. The zero-order valence-corrected chi connectivity index (χ0v) is 12.7. The van der Waals surface area contributed by atoms with Crippen molar-refractivity contribution in [1.29, 1.82) is 0 Å². The molecule has 1 amide bonds. The summed E-state index contributed by atoms with van der Waals surface area (Å²) in [7, 11) is 0. The molecule has 112 valence electrons. The quantitative estimate of drug-likeness (QED) is 0.679. The summed E-state index contributed by atoms with van der Waals surface area (Å²) in [5.41, 5.74) is 7.88. The molecule has 20 heavy (non-hydrogen) atoms. The van der Waals surface area contributed by atoms with Crippen LogP contribution in [0.1, 0.15) is 31.7 Å². The third-order valence-corrected chi connectivity index (χ3v) is 3.22. The first-order valence-corrected chi connectivity index (χ1v) is 7.45. The van der Waals surface area contributed by atoms with Crippen LogP contribution in [-0.4, -0.2) is 32.1 Å². The number of carbonyl (C=O) groups excluding carboxylic acids is 1. The van der Waals surface area contributed by atoms with E-state index in [1.54, 1.807) is 0 Å². The molecule has 0 aromatic heterocycles. The van der Waals surface area contributed by atoms with Crippen molar-refractivity contribution in [3.63, 3.8) is 0 Å². The maximum Gasteiger partial charge on any atom is 0.239 e. The van der Waals surface area contributed by atoms with Crippen molar-refractivity contribution in [2.24, 2.45) is 5.73 Å². The number of carbonyl (C=O) groups is 1. The van der Waals surface area contributed by atoms with Gasteiger partial charge in [0.1, 0.15) is 0 Å². The van der Waals surface area contributed by atoms with Gasteiger partial charge in [0.15, 0.2) is 0 Å². The maximum atomic E-state index is 11.9. The second kappa shape index (κ2) is 9.37. The number of nitrogens with two attached hydrogens (primary N) is 1. The van der Waals surface area contributed by atoms with Gasteiger partial charge in [-0.15, -0.1) is 0 Å². The number of aryl methyl sites for hydroxylation is 1. The van der Waals surface area contributed by atoms with E-state index >= 15 is 0 Å². The summed E-state index contributed by atoms with van der Waals surface area (Å²) >= 11 is 0. The number of anilines is 1. The molecule has 0 unspecified atom stereocenters. The Balaban J connectivity index is 2.59. The van der Waals surface area contributed by atoms with E-state index < -0.39 is 0 Å². The number of benzene rings is 1. The molecule has 0 atom stereocenters. The van der Waals surface area contributed by atoms with E-state index in [0.717, 1.165) is 38.0 Å². The number of amides is 1. The first-order chi connectivity index (χ1) is 9.67. The van der Waals surface area contributed by atoms with E-state index in [4.69, 9.17) is 5.73 Å². The Labute approximate surface area is 122 Å². The third-order valence-electron chi connectivity index (χ3n) is 3.22. The number of hydrogen-bond acceptors (Lipinski definition) is 3. The standard InChI is InChI=1S/C16H27N3O/c1-3-4-11-18-16(20)13-19(12-5-10-17)15-8-6-14(2)7-9-15/h6-9H,3-5,10-13,17H2,1-2H3,(H,18,20). The van der Waals surface area contributed by atoms with Crippen molar-refractivity contribution < 1.29 is 4.79 Å². The largest absolute Gasteiger partial charge is 0.362 e. The molecule has 3 N–H and O–H groups in total. The zero-order valence-electron chi connectivity index (χ0n) is 12.7. The molecule has 0 bridgehead atoms. The number of hydrogen-bond donors (Lipinski definition) is 2. The third kappa shape index (κ3) is 6.06. The molecule has 0 aliphatic heterocycles. The summed E-state index contributed by atoms with van der Waals surface area (Å²) < 4.78 is 0. The van der Waals surface area contributed by atoms with Gasteiger partial charge in [-0.3, -0.25) is 4.79 Å². The van der Waals surface area contributed by atoms with Crippen LogP contribution in [0.25, 0.3) is 0 Å². The second-order valence-electron chi connectivity index (χ2n) is 5.10. The molecule has 0 aliphatic rings. The molecule has 4 nitrogen and oxygen atoms in total. The Morgan fingerprint density at radius 2 is 1.95 bits per heavy atom. The Hall–Kier alpha value is -1.55. The van der Waals surface area contributed by atoms with Crippen molar-refractivity contribution in [1.82, 2.24) is 5.32 Å². The maximum absolute atomic E-state index is 11.9. The van der Waals surface area contributed by atoms with E-state index in [2.05, 4.69) is 48.3 Å². The topological polar surface area (TPSA) is 58.4 Å². The van der Waals surface area contributed by atoms with Crippen LogP contribution in [-0.2, 0) is 4.79 Å². The van der Waals surface area contributed by atoms with Crippen LogP contribution in [0.15, 0.2) is 24.3 Å². The van der Waals surface area contributed by atoms with Gasteiger partial charge < -0.3 is 16.0 Å². The van der Waals surface area contributed by atoms with Gasteiger partial charge in [0.2, 0.25) is 5.91 Å². The Morgan fingerprint density at radius 1 is 1.25 bits per heavy atom. The lowest BCUT2D eigenvalue weighted by molar-refractivity contribution is -0.119. The summed E-state index contributed by atoms with van der Waals surface area (Å²) in [5.74, 6) is 0.0797. The van der Waals surface area contributed by atoms with Gasteiger partial charge >= 0.3 is 0 Å². The van der Waals surface area contributed by atoms with E-state index in [1.807, 2.05) is 0 Å². The van der Waals surface area contributed by atoms with Crippen LogP contribution in [0.2, 0.25) is 0 Å². The number of nitrogens with one attached hydrogen (secondary N) is 1. The molecule has 0 saturated heterocycles. The molecule has 0 heterocycles. The van der Waals surface area contributed by atoms with Gasteiger partial charge in [-0.25, -0.2) is 0 Å². The van der Waals surface area contributed by atoms with Gasteiger partial charge in [-0.2, -0.15) is 0 Å². The lowest BCUT2D eigenvalue weighted by atomic mass is 10.2. The summed E-state index contributed by atoms with van der Waals surface area (Å²) in [6.45, 7) is 6.78. The van der Waals surface area contributed by atoms with Crippen molar-refractivity contribution in [2.75, 3.05) is 31.1 Å². The summed E-state index contributed by atoms with van der Waals surface area (Å²) in [6.07, 6.45) is 3.00. The minimum atomic E-state index is 0.0797. The highest BCUT2D eigenvalue weighted by Gasteiger charge is 2.10. The molecule has 0 radical (unpaired) electrons. The SMILES string of the molecule is CCCCNC(=O)CN(CCCN)c1ccc(C)cc1. The Kier molecular flexibility index (Phi) is 7.73. The minimum Gasteiger partial charge on any atom is -0.362 e. The predicted molar refractivity (Wildman–Crippen MR) is 85.0 cm³/mol.